The van der Waals surface area contributed by atoms with E-state index in [1.165, 1.54) is 0 Å². The lowest BCUT2D eigenvalue weighted by atomic mass is 10.1. The Hall–Kier alpha value is -1.16. The zero-order valence-electron chi connectivity index (χ0n) is 12.8. The Morgan fingerprint density at radius 1 is 1.29 bits per heavy atom. The zero-order valence-corrected chi connectivity index (χ0v) is 13.7. The summed E-state index contributed by atoms with van der Waals surface area (Å²) in [5.41, 5.74) is 1.93. The van der Waals surface area contributed by atoms with E-state index in [2.05, 4.69) is 0 Å². The van der Waals surface area contributed by atoms with E-state index in [0.717, 1.165) is 17.5 Å². The quantitative estimate of drug-likeness (QED) is 0.659. The van der Waals surface area contributed by atoms with Crippen molar-refractivity contribution in [1.82, 2.24) is 0 Å². The van der Waals surface area contributed by atoms with E-state index < -0.39 is 14.6 Å². The van der Waals surface area contributed by atoms with Crippen molar-refractivity contribution in [3.63, 3.8) is 0 Å². The van der Waals surface area contributed by atoms with Gasteiger partial charge in [-0.15, -0.1) is 0 Å². The molecule has 0 spiro atoms. The molecule has 5 nitrogen and oxygen atoms in total. The van der Waals surface area contributed by atoms with Crippen LogP contribution in [0.25, 0.3) is 0 Å². The number of aryl methyl sites for hydroxylation is 2. The number of hydrogen-bond donors (Lipinski definition) is 1. The van der Waals surface area contributed by atoms with Crippen molar-refractivity contribution in [2.24, 2.45) is 0 Å². The lowest BCUT2D eigenvalue weighted by Crippen LogP contribution is -2.01. The van der Waals surface area contributed by atoms with Gasteiger partial charge in [0.15, 0.2) is 0 Å². The van der Waals surface area contributed by atoms with Gasteiger partial charge < -0.3 is 18.7 Å². The largest absolute Gasteiger partial charge is 0.481 e. The molecule has 1 aromatic carbocycles. The summed E-state index contributed by atoms with van der Waals surface area (Å²) in [6.45, 7) is 6.99. The van der Waals surface area contributed by atoms with Crippen LogP contribution in [0.4, 0.5) is 0 Å². The zero-order chi connectivity index (χ0) is 15.7. The molecule has 0 aliphatic heterocycles. The van der Waals surface area contributed by atoms with Gasteiger partial charge in [0.05, 0.1) is 13.2 Å². The number of hydrogen-bond acceptors (Lipinski definition) is 4. The van der Waals surface area contributed by atoms with Crippen LogP contribution >= 0.6 is 8.60 Å². The van der Waals surface area contributed by atoms with E-state index in [1.807, 2.05) is 39.0 Å². The van der Waals surface area contributed by atoms with Crippen molar-refractivity contribution >= 4 is 14.6 Å². The van der Waals surface area contributed by atoms with Crippen molar-refractivity contribution in [2.45, 2.75) is 40.0 Å². The minimum Gasteiger partial charge on any atom is -0.481 e. The Morgan fingerprint density at radius 3 is 2.62 bits per heavy atom. The van der Waals surface area contributed by atoms with Gasteiger partial charge in [0.25, 0.3) is 0 Å². The van der Waals surface area contributed by atoms with Gasteiger partial charge in [0.1, 0.15) is 5.75 Å². The van der Waals surface area contributed by atoms with Crippen LogP contribution in [0.1, 0.15) is 37.8 Å². The second kappa shape index (κ2) is 9.72. The van der Waals surface area contributed by atoms with Crippen molar-refractivity contribution in [3.05, 3.63) is 29.3 Å². The summed E-state index contributed by atoms with van der Waals surface area (Å²) >= 11 is 0. The fourth-order valence-electron chi connectivity index (χ4n) is 1.66. The summed E-state index contributed by atoms with van der Waals surface area (Å²) in [5, 5.41) is 8.70. The maximum absolute atomic E-state index is 10.6. The van der Waals surface area contributed by atoms with Crippen LogP contribution in [0.2, 0.25) is 0 Å². The van der Waals surface area contributed by atoms with Gasteiger partial charge in [0.2, 0.25) is 0 Å². The third-order valence-corrected chi connectivity index (χ3v) is 3.88. The Bertz CT molecular complexity index is 450. The number of carbonyl (C=O) groups is 1. The Morgan fingerprint density at radius 2 is 2.05 bits per heavy atom. The number of aliphatic carboxylic acids is 1. The first-order chi connectivity index (χ1) is 10.1. The van der Waals surface area contributed by atoms with Crippen LogP contribution < -0.4 is 4.52 Å². The van der Waals surface area contributed by atoms with Gasteiger partial charge in [-0.05, 0) is 43.9 Å². The summed E-state index contributed by atoms with van der Waals surface area (Å²) in [6, 6.07) is 5.66. The van der Waals surface area contributed by atoms with Crippen LogP contribution in [0, 0.1) is 6.92 Å². The molecule has 1 atom stereocenters. The standard InChI is InChI=1S/C15H23O5P/c1-4-10-19-21(18-5-2)20-14-8-6-13(11-12(14)3)7-9-15(16)17/h6,8,11H,4-5,7,9-10H2,1-3H3,(H,16,17). The van der Waals surface area contributed by atoms with Gasteiger partial charge in [-0.1, -0.05) is 19.1 Å². The van der Waals surface area contributed by atoms with E-state index >= 15 is 0 Å². The van der Waals surface area contributed by atoms with E-state index in [9.17, 15) is 4.79 Å². The van der Waals surface area contributed by atoms with Gasteiger partial charge >= 0.3 is 14.6 Å². The Kier molecular flexibility index (Phi) is 8.28. The van der Waals surface area contributed by atoms with Crippen molar-refractivity contribution in [1.29, 1.82) is 0 Å². The molecule has 6 heteroatoms. The number of carboxylic acid groups (broad SMARTS) is 1. The topological polar surface area (TPSA) is 65.0 Å². The molecule has 1 unspecified atom stereocenters. The van der Waals surface area contributed by atoms with E-state index in [1.54, 1.807) is 0 Å². The second-order valence-corrected chi connectivity index (χ2v) is 5.71. The number of carboxylic acids is 1. The van der Waals surface area contributed by atoms with Gasteiger partial charge in [-0.2, -0.15) is 0 Å². The molecule has 0 aliphatic rings. The normalized spacial score (nSPS) is 12.1. The second-order valence-electron chi connectivity index (χ2n) is 4.56. The smallest absolute Gasteiger partial charge is 0.397 e. The molecule has 1 N–H and O–H groups in total. The van der Waals surface area contributed by atoms with Gasteiger partial charge in [-0.3, -0.25) is 4.79 Å². The maximum Gasteiger partial charge on any atom is 0.397 e. The van der Waals surface area contributed by atoms with E-state index in [4.69, 9.17) is 18.7 Å². The highest BCUT2D eigenvalue weighted by molar-refractivity contribution is 7.42. The van der Waals surface area contributed by atoms with Crippen LogP contribution in [-0.2, 0) is 20.3 Å². The average molecular weight is 314 g/mol. The van der Waals surface area contributed by atoms with Crippen molar-refractivity contribution in [3.8, 4) is 5.75 Å². The summed E-state index contributed by atoms with van der Waals surface area (Å²) in [4.78, 5) is 10.6. The highest BCUT2D eigenvalue weighted by atomic mass is 31.2. The molecule has 118 valence electrons. The Balaban J connectivity index is 2.66. The lowest BCUT2D eigenvalue weighted by molar-refractivity contribution is -0.136. The minimum absolute atomic E-state index is 0.130. The summed E-state index contributed by atoms with van der Waals surface area (Å²) < 4.78 is 16.8. The van der Waals surface area contributed by atoms with Gasteiger partial charge in [-0.25, -0.2) is 0 Å². The first-order valence-corrected chi connectivity index (χ1v) is 8.21. The SMILES string of the molecule is CCCOP(OCC)Oc1ccc(CCC(=O)O)cc1C. The summed E-state index contributed by atoms with van der Waals surface area (Å²) in [6.07, 6.45) is 1.55. The van der Waals surface area contributed by atoms with Crippen molar-refractivity contribution < 1.29 is 23.5 Å². The average Bonchev–Trinajstić information content (AvgIpc) is 2.45. The molecule has 0 aliphatic carbocycles. The van der Waals surface area contributed by atoms with Crippen LogP contribution in [0.15, 0.2) is 18.2 Å². The first-order valence-electron chi connectivity index (χ1n) is 7.12. The molecule has 0 aromatic heterocycles. The van der Waals surface area contributed by atoms with E-state index in [-0.39, 0.29) is 6.42 Å². The van der Waals surface area contributed by atoms with Crippen LogP contribution in [0.3, 0.4) is 0 Å². The molecule has 1 rings (SSSR count). The molecule has 0 bridgehead atoms. The molecule has 0 fully saturated rings. The van der Waals surface area contributed by atoms with Crippen LogP contribution in [-0.4, -0.2) is 24.3 Å². The third kappa shape index (κ3) is 6.89. The molecule has 0 radical (unpaired) electrons. The highest BCUT2D eigenvalue weighted by Gasteiger charge is 2.15. The molecule has 0 amide bonds. The number of rotatable bonds is 10. The van der Waals surface area contributed by atoms with Crippen LogP contribution in [0.5, 0.6) is 5.75 Å². The minimum atomic E-state index is -1.38. The maximum atomic E-state index is 10.6. The Labute approximate surface area is 127 Å². The fourth-order valence-corrected chi connectivity index (χ4v) is 2.75. The summed E-state index contributed by atoms with van der Waals surface area (Å²) in [7, 11) is -1.38. The molecular weight excluding hydrogens is 291 g/mol. The predicted molar refractivity (Wildman–Crippen MR) is 82.6 cm³/mol. The third-order valence-electron chi connectivity index (χ3n) is 2.68. The molecule has 21 heavy (non-hydrogen) atoms. The predicted octanol–water partition coefficient (Wildman–Crippen LogP) is 4.08. The molecular formula is C15H23O5P. The molecule has 0 heterocycles. The lowest BCUT2D eigenvalue weighted by Gasteiger charge is -2.17. The molecule has 0 saturated heterocycles. The monoisotopic (exact) mass is 314 g/mol. The molecule has 0 saturated carbocycles. The molecule has 1 aromatic rings. The van der Waals surface area contributed by atoms with E-state index in [0.29, 0.717) is 25.4 Å². The van der Waals surface area contributed by atoms with Crippen molar-refractivity contribution in [2.75, 3.05) is 13.2 Å². The summed E-state index contributed by atoms with van der Waals surface area (Å²) in [5.74, 6) is -0.0782. The first kappa shape index (κ1) is 17.9. The highest BCUT2D eigenvalue weighted by Crippen LogP contribution is 2.41. The number of benzene rings is 1. The fraction of sp³-hybridized carbons (Fsp3) is 0.533. The van der Waals surface area contributed by atoms with Gasteiger partial charge in [0, 0.05) is 6.42 Å².